The summed E-state index contributed by atoms with van der Waals surface area (Å²) in [5, 5.41) is 5.70. The Bertz CT molecular complexity index is 632. The summed E-state index contributed by atoms with van der Waals surface area (Å²) in [5.74, 6) is 0.698. The molecule has 5 heteroatoms. The Morgan fingerprint density at radius 1 is 1.44 bits per heavy atom. The molecule has 0 bridgehead atoms. The number of ketones is 1. The first kappa shape index (κ1) is 11.1. The molecular formula is C13H10N2O2S. The fraction of sp³-hybridized carbons (Fsp3) is 0.154. The number of aromatic nitrogens is 2. The van der Waals surface area contributed by atoms with Gasteiger partial charge < -0.3 is 4.74 Å². The van der Waals surface area contributed by atoms with Crippen LogP contribution in [0.1, 0.15) is 21.6 Å². The van der Waals surface area contributed by atoms with Crippen molar-refractivity contribution in [3.8, 4) is 5.75 Å². The minimum Gasteiger partial charge on any atom is -0.488 e. The van der Waals surface area contributed by atoms with E-state index in [0.717, 1.165) is 5.56 Å². The van der Waals surface area contributed by atoms with E-state index in [4.69, 9.17) is 4.74 Å². The average Bonchev–Trinajstić information content (AvgIpc) is 2.86. The Morgan fingerprint density at radius 3 is 3.11 bits per heavy atom. The normalized spacial score (nSPS) is 16.5. The van der Waals surface area contributed by atoms with Crippen LogP contribution in [0.2, 0.25) is 0 Å². The van der Waals surface area contributed by atoms with E-state index in [1.807, 2.05) is 19.1 Å². The van der Waals surface area contributed by atoms with Crippen molar-refractivity contribution in [1.82, 2.24) is 9.59 Å². The largest absolute Gasteiger partial charge is 0.488 e. The third-order valence-electron chi connectivity index (χ3n) is 2.82. The lowest BCUT2D eigenvalue weighted by molar-refractivity contribution is 0.100. The van der Waals surface area contributed by atoms with Crippen molar-refractivity contribution in [3.05, 3.63) is 46.0 Å². The van der Waals surface area contributed by atoms with Crippen LogP contribution >= 0.6 is 11.5 Å². The smallest absolute Gasteiger partial charge is 0.196 e. The molecule has 0 spiro atoms. The van der Waals surface area contributed by atoms with Gasteiger partial charge in [-0.15, -0.1) is 5.10 Å². The SMILES string of the molecule is Cc1cccc2c1OCC(=Cc1csnn1)C2=O. The quantitative estimate of drug-likeness (QED) is 0.737. The van der Waals surface area contributed by atoms with Crippen molar-refractivity contribution < 1.29 is 9.53 Å². The zero-order valence-corrected chi connectivity index (χ0v) is 10.5. The van der Waals surface area contributed by atoms with Gasteiger partial charge in [0.2, 0.25) is 0 Å². The molecule has 0 N–H and O–H groups in total. The molecule has 2 aromatic rings. The number of hydrogen-bond acceptors (Lipinski definition) is 5. The molecule has 0 radical (unpaired) electrons. The van der Waals surface area contributed by atoms with Gasteiger partial charge in [-0.3, -0.25) is 4.79 Å². The molecule has 0 amide bonds. The molecule has 4 nitrogen and oxygen atoms in total. The maximum Gasteiger partial charge on any atom is 0.196 e. The van der Waals surface area contributed by atoms with Crippen molar-refractivity contribution in [1.29, 1.82) is 0 Å². The van der Waals surface area contributed by atoms with Crippen molar-refractivity contribution >= 4 is 23.4 Å². The summed E-state index contributed by atoms with van der Waals surface area (Å²) >= 11 is 1.26. The molecule has 1 aliphatic heterocycles. The van der Waals surface area contributed by atoms with Crippen LogP contribution in [-0.4, -0.2) is 22.0 Å². The van der Waals surface area contributed by atoms with Crippen LogP contribution in [0.15, 0.2) is 29.2 Å². The molecule has 2 heterocycles. The Balaban J connectivity index is 2.02. The van der Waals surface area contributed by atoms with E-state index >= 15 is 0 Å². The predicted molar refractivity (Wildman–Crippen MR) is 68.9 cm³/mol. The van der Waals surface area contributed by atoms with Gasteiger partial charge in [0, 0.05) is 11.0 Å². The minimum atomic E-state index is 0.00736. The van der Waals surface area contributed by atoms with E-state index in [2.05, 4.69) is 9.59 Å². The van der Waals surface area contributed by atoms with Gasteiger partial charge in [0.05, 0.1) is 11.3 Å². The van der Waals surface area contributed by atoms with Crippen LogP contribution in [-0.2, 0) is 0 Å². The molecule has 0 atom stereocenters. The van der Waals surface area contributed by atoms with Gasteiger partial charge in [-0.05, 0) is 36.2 Å². The number of Topliss-reactive ketones (excluding diaryl/α,β-unsaturated/α-hetero) is 1. The lowest BCUT2D eigenvalue weighted by atomic mass is 9.97. The Hall–Kier alpha value is -2.01. The molecule has 0 saturated heterocycles. The Morgan fingerprint density at radius 2 is 2.33 bits per heavy atom. The van der Waals surface area contributed by atoms with Gasteiger partial charge in [-0.1, -0.05) is 16.6 Å². The van der Waals surface area contributed by atoms with E-state index < -0.39 is 0 Å². The number of para-hydroxylation sites is 1. The lowest BCUT2D eigenvalue weighted by Gasteiger charge is -2.20. The summed E-state index contributed by atoms with van der Waals surface area (Å²) < 4.78 is 9.42. The van der Waals surface area contributed by atoms with Crippen molar-refractivity contribution in [2.24, 2.45) is 0 Å². The summed E-state index contributed by atoms with van der Waals surface area (Å²) in [4.78, 5) is 12.3. The van der Waals surface area contributed by atoms with Crippen LogP contribution in [0.5, 0.6) is 5.75 Å². The van der Waals surface area contributed by atoms with Crippen molar-refractivity contribution in [2.45, 2.75) is 6.92 Å². The maximum atomic E-state index is 12.3. The topological polar surface area (TPSA) is 52.1 Å². The molecule has 1 aliphatic rings. The monoisotopic (exact) mass is 258 g/mol. The molecule has 1 aromatic heterocycles. The number of carbonyl (C=O) groups excluding carboxylic acids is 1. The lowest BCUT2D eigenvalue weighted by Crippen LogP contribution is -2.19. The number of hydrogen-bond donors (Lipinski definition) is 0. The number of nitrogens with zero attached hydrogens (tertiary/aromatic N) is 2. The van der Waals surface area contributed by atoms with Gasteiger partial charge in [0.25, 0.3) is 0 Å². The fourth-order valence-corrected chi connectivity index (χ4v) is 2.34. The summed E-state index contributed by atoms with van der Waals surface area (Å²) in [6.45, 7) is 2.22. The number of benzene rings is 1. The highest BCUT2D eigenvalue weighted by Gasteiger charge is 2.24. The molecule has 1 aromatic carbocycles. The van der Waals surface area contributed by atoms with E-state index in [0.29, 0.717) is 22.6 Å². The zero-order chi connectivity index (χ0) is 12.5. The molecule has 0 fully saturated rings. The highest BCUT2D eigenvalue weighted by Crippen LogP contribution is 2.30. The van der Waals surface area contributed by atoms with E-state index in [1.54, 1.807) is 17.5 Å². The Labute approximate surface area is 108 Å². The molecular weight excluding hydrogens is 248 g/mol. The highest BCUT2D eigenvalue weighted by atomic mass is 32.1. The number of aryl methyl sites for hydroxylation is 1. The summed E-state index contributed by atoms with van der Waals surface area (Å²) in [6, 6.07) is 5.59. The van der Waals surface area contributed by atoms with Crippen LogP contribution in [0.4, 0.5) is 0 Å². The van der Waals surface area contributed by atoms with Gasteiger partial charge in [0.15, 0.2) is 5.78 Å². The molecule has 0 unspecified atom stereocenters. The third kappa shape index (κ3) is 1.82. The highest BCUT2D eigenvalue weighted by molar-refractivity contribution is 7.03. The molecule has 0 saturated carbocycles. The molecule has 3 rings (SSSR count). The van der Waals surface area contributed by atoms with Gasteiger partial charge in [-0.2, -0.15) is 0 Å². The average molecular weight is 258 g/mol. The summed E-state index contributed by atoms with van der Waals surface area (Å²) in [7, 11) is 0. The second kappa shape index (κ2) is 4.34. The first-order valence-corrected chi connectivity index (χ1v) is 6.34. The van der Waals surface area contributed by atoms with Crippen LogP contribution in [0.3, 0.4) is 0 Å². The number of carbonyl (C=O) groups is 1. The van der Waals surface area contributed by atoms with E-state index in [-0.39, 0.29) is 12.4 Å². The standard InChI is InChI=1S/C13H10N2O2S/c1-8-3-2-4-11-12(16)9(6-17-13(8)11)5-10-7-18-15-14-10/h2-5,7H,6H2,1H3. The maximum absolute atomic E-state index is 12.3. The summed E-state index contributed by atoms with van der Waals surface area (Å²) in [5.41, 5.74) is 2.91. The fourth-order valence-electron chi connectivity index (χ4n) is 1.93. The summed E-state index contributed by atoms with van der Waals surface area (Å²) in [6.07, 6.45) is 1.73. The number of rotatable bonds is 1. The third-order valence-corrected chi connectivity index (χ3v) is 3.34. The molecule has 18 heavy (non-hydrogen) atoms. The zero-order valence-electron chi connectivity index (χ0n) is 9.71. The van der Waals surface area contributed by atoms with Crippen molar-refractivity contribution in [3.63, 3.8) is 0 Å². The number of ether oxygens (including phenoxy) is 1. The molecule has 90 valence electrons. The van der Waals surface area contributed by atoms with Gasteiger partial charge in [0.1, 0.15) is 12.4 Å². The Kier molecular flexibility index (Phi) is 2.68. The van der Waals surface area contributed by atoms with E-state index in [9.17, 15) is 4.79 Å². The van der Waals surface area contributed by atoms with Gasteiger partial charge >= 0.3 is 0 Å². The van der Waals surface area contributed by atoms with Crippen LogP contribution in [0, 0.1) is 6.92 Å². The van der Waals surface area contributed by atoms with E-state index in [1.165, 1.54) is 11.5 Å². The van der Waals surface area contributed by atoms with Gasteiger partial charge in [-0.25, -0.2) is 0 Å². The second-order valence-electron chi connectivity index (χ2n) is 4.07. The first-order valence-electron chi connectivity index (χ1n) is 5.50. The first-order chi connectivity index (χ1) is 8.75. The molecule has 0 aliphatic carbocycles. The second-order valence-corrected chi connectivity index (χ2v) is 4.68. The number of fused-ring (bicyclic) bond motifs is 1. The van der Waals surface area contributed by atoms with Crippen molar-refractivity contribution in [2.75, 3.05) is 6.61 Å². The minimum absolute atomic E-state index is 0.00736. The van der Waals surface area contributed by atoms with Crippen LogP contribution in [0.25, 0.3) is 6.08 Å². The van der Waals surface area contributed by atoms with Crippen LogP contribution < -0.4 is 4.74 Å². The predicted octanol–water partition coefficient (Wildman–Crippen LogP) is 2.51.